The topological polar surface area (TPSA) is 86.8 Å². The van der Waals surface area contributed by atoms with Crippen LogP contribution in [0.4, 0.5) is 5.69 Å². The highest BCUT2D eigenvalue weighted by Gasteiger charge is 2.35. The zero-order chi connectivity index (χ0) is 31.1. The number of halogens is 2. The van der Waals surface area contributed by atoms with Gasteiger partial charge in [0.25, 0.3) is 10.0 Å². The summed E-state index contributed by atoms with van der Waals surface area (Å²) in [6.07, 6.45) is 6.14. The Hall–Kier alpha value is -2.72. The van der Waals surface area contributed by atoms with Crippen LogP contribution in [0.2, 0.25) is 10.0 Å². The number of amides is 2. The predicted octanol–water partition coefficient (Wildman–Crippen LogP) is 7.09. The summed E-state index contributed by atoms with van der Waals surface area (Å²) in [6, 6.07) is 17.7. The molecule has 0 spiro atoms. The van der Waals surface area contributed by atoms with Gasteiger partial charge < -0.3 is 10.2 Å². The molecule has 7 nitrogen and oxygen atoms in total. The van der Waals surface area contributed by atoms with Crippen molar-refractivity contribution in [1.29, 1.82) is 0 Å². The maximum Gasteiger partial charge on any atom is 0.264 e. The quantitative estimate of drug-likeness (QED) is 0.210. The second-order valence-electron chi connectivity index (χ2n) is 10.7. The third kappa shape index (κ3) is 8.26. The van der Waals surface area contributed by atoms with E-state index in [1.54, 1.807) is 66.7 Å². The fourth-order valence-corrected chi connectivity index (χ4v) is 7.53. The third-order valence-corrected chi connectivity index (χ3v) is 10.8. The molecule has 1 aliphatic rings. The number of rotatable bonds is 12. The van der Waals surface area contributed by atoms with Gasteiger partial charge in [-0.1, -0.05) is 66.7 Å². The Morgan fingerprint density at radius 1 is 1.00 bits per heavy atom. The normalized spacial score (nSPS) is 14.3. The van der Waals surface area contributed by atoms with E-state index >= 15 is 0 Å². The number of thioether (sulfide) groups is 1. The molecule has 43 heavy (non-hydrogen) atoms. The fraction of sp³-hybridized carbons (Fsp3) is 0.375. The number of carbonyl (C=O) groups is 2. The summed E-state index contributed by atoms with van der Waals surface area (Å²) >= 11 is 14.1. The second-order valence-corrected chi connectivity index (χ2v) is 14.3. The van der Waals surface area contributed by atoms with Gasteiger partial charge in [-0.3, -0.25) is 13.9 Å². The van der Waals surface area contributed by atoms with Crippen LogP contribution in [0.25, 0.3) is 0 Å². The van der Waals surface area contributed by atoms with Crippen LogP contribution >= 0.6 is 35.0 Å². The maximum absolute atomic E-state index is 14.3. The SMILES string of the molecule is CC[C@@H](C(=O)NC1CCCC1)N(Cc1ccc(Cl)cc1Cl)C(=O)CN(c1ccc(C)cc1)S(=O)(=O)c1ccc(SC)cc1. The molecule has 1 fully saturated rings. The molecule has 0 unspecified atom stereocenters. The first-order valence-corrected chi connectivity index (χ1v) is 17.7. The van der Waals surface area contributed by atoms with Gasteiger partial charge in [0.1, 0.15) is 12.6 Å². The second kappa shape index (κ2) is 14.8. The van der Waals surface area contributed by atoms with Crippen molar-refractivity contribution in [2.24, 2.45) is 0 Å². The Morgan fingerprint density at radius 3 is 2.23 bits per heavy atom. The maximum atomic E-state index is 14.3. The largest absolute Gasteiger partial charge is 0.352 e. The van der Waals surface area contributed by atoms with E-state index in [1.807, 2.05) is 20.1 Å². The Morgan fingerprint density at radius 2 is 1.65 bits per heavy atom. The standard InChI is InChI=1S/C32H37Cl2N3O4S2/c1-4-30(32(39)35-25-7-5-6-8-25)36(20-23-11-12-24(33)19-29(23)34)31(38)21-37(26-13-9-22(2)10-14-26)43(40,41)28-17-15-27(42-3)16-18-28/h9-19,25,30H,4-8,20-21H2,1-3H3,(H,35,39)/t30-/m0/s1. The molecule has 0 radical (unpaired) electrons. The molecule has 0 saturated heterocycles. The van der Waals surface area contributed by atoms with Gasteiger partial charge in [-0.25, -0.2) is 8.42 Å². The van der Waals surface area contributed by atoms with Gasteiger partial charge in [-0.2, -0.15) is 0 Å². The average molecular weight is 663 g/mol. The molecule has 1 aliphatic carbocycles. The van der Waals surface area contributed by atoms with Crippen molar-refractivity contribution in [3.05, 3.63) is 87.9 Å². The van der Waals surface area contributed by atoms with Crippen molar-refractivity contribution >= 4 is 62.5 Å². The van der Waals surface area contributed by atoms with Gasteiger partial charge in [-0.05, 0) is 86.5 Å². The Bertz CT molecular complexity index is 1530. The molecular formula is C32H37Cl2N3O4S2. The molecule has 0 aliphatic heterocycles. The minimum atomic E-state index is -4.15. The van der Waals surface area contributed by atoms with E-state index in [2.05, 4.69) is 5.32 Å². The van der Waals surface area contributed by atoms with Crippen LogP contribution in [0.15, 0.2) is 76.5 Å². The van der Waals surface area contributed by atoms with E-state index in [0.29, 0.717) is 27.7 Å². The van der Waals surface area contributed by atoms with Gasteiger partial charge in [0.2, 0.25) is 11.8 Å². The highest BCUT2D eigenvalue weighted by atomic mass is 35.5. The van der Waals surface area contributed by atoms with Crippen molar-refractivity contribution in [3.63, 3.8) is 0 Å². The van der Waals surface area contributed by atoms with Gasteiger partial charge in [0.05, 0.1) is 10.6 Å². The minimum Gasteiger partial charge on any atom is -0.352 e. The summed E-state index contributed by atoms with van der Waals surface area (Å²) < 4.78 is 29.2. The molecule has 3 aromatic carbocycles. The molecule has 3 aromatic rings. The number of hydrogen-bond donors (Lipinski definition) is 1. The van der Waals surface area contributed by atoms with E-state index in [9.17, 15) is 18.0 Å². The first-order chi connectivity index (χ1) is 20.5. The third-order valence-electron chi connectivity index (χ3n) is 7.69. The number of sulfonamides is 1. The predicted molar refractivity (Wildman–Crippen MR) is 175 cm³/mol. The van der Waals surface area contributed by atoms with Crippen LogP contribution in [0, 0.1) is 6.92 Å². The van der Waals surface area contributed by atoms with Crippen LogP contribution in [0.5, 0.6) is 0 Å². The molecular weight excluding hydrogens is 625 g/mol. The summed E-state index contributed by atoms with van der Waals surface area (Å²) in [5, 5.41) is 3.91. The lowest BCUT2D eigenvalue weighted by molar-refractivity contribution is -0.140. The number of nitrogens with zero attached hydrogens (tertiary/aromatic N) is 2. The summed E-state index contributed by atoms with van der Waals surface area (Å²) in [5.74, 6) is -0.783. The summed E-state index contributed by atoms with van der Waals surface area (Å²) in [7, 11) is -4.15. The van der Waals surface area contributed by atoms with Crippen LogP contribution in [-0.2, 0) is 26.2 Å². The van der Waals surface area contributed by atoms with Crippen LogP contribution < -0.4 is 9.62 Å². The van der Waals surface area contributed by atoms with Crippen molar-refractivity contribution in [3.8, 4) is 0 Å². The summed E-state index contributed by atoms with van der Waals surface area (Å²) in [4.78, 5) is 30.3. The molecule has 1 saturated carbocycles. The van der Waals surface area contributed by atoms with Crippen LogP contribution in [0.3, 0.4) is 0 Å². The average Bonchev–Trinajstić information content (AvgIpc) is 3.50. The lowest BCUT2D eigenvalue weighted by atomic mass is 10.1. The molecule has 0 heterocycles. The molecule has 0 bridgehead atoms. The Balaban J connectivity index is 1.73. The van der Waals surface area contributed by atoms with Crippen molar-refractivity contribution in [1.82, 2.24) is 10.2 Å². The van der Waals surface area contributed by atoms with E-state index in [-0.39, 0.29) is 23.4 Å². The van der Waals surface area contributed by atoms with Gasteiger partial charge in [0.15, 0.2) is 0 Å². The first kappa shape index (κ1) is 33.2. The van der Waals surface area contributed by atoms with Crippen molar-refractivity contribution in [2.45, 2.75) is 74.4 Å². The number of carbonyl (C=O) groups excluding carboxylic acids is 2. The Labute approximate surface area is 269 Å². The molecule has 2 amide bonds. The molecule has 0 aromatic heterocycles. The fourth-order valence-electron chi connectivity index (χ4n) is 5.24. The zero-order valence-electron chi connectivity index (χ0n) is 24.6. The number of aryl methyl sites for hydroxylation is 1. The van der Waals surface area contributed by atoms with Crippen molar-refractivity contribution < 1.29 is 18.0 Å². The molecule has 230 valence electrons. The summed E-state index contributed by atoms with van der Waals surface area (Å²) in [6.45, 7) is 3.25. The molecule has 4 rings (SSSR count). The first-order valence-electron chi connectivity index (χ1n) is 14.3. The monoisotopic (exact) mass is 661 g/mol. The van der Waals surface area contributed by atoms with Gasteiger partial charge >= 0.3 is 0 Å². The molecule has 1 N–H and O–H groups in total. The smallest absolute Gasteiger partial charge is 0.264 e. The van der Waals surface area contributed by atoms with E-state index in [0.717, 1.165) is 40.4 Å². The Kier molecular flexibility index (Phi) is 11.5. The lowest BCUT2D eigenvalue weighted by Gasteiger charge is -2.34. The number of anilines is 1. The van der Waals surface area contributed by atoms with Crippen LogP contribution in [0.1, 0.15) is 50.2 Å². The zero-order valence-corrected chi connectivity index (χ0v) is 27.7. The van der Waals surface area contributed by atoms with Gasteiger partial charge in [-0.15, -0.1) is 11.8 Å². The van der Waals surface area contributed by atoms with E-state index in [1.165, 1.54) is 16.7 Å². The molecule has 11 heteroatoms. The minimum absolute atomic E-state index is 0.00956. The number of nitrogens with one attached hydrogen (secondary N) is 1. The highest BCUT2D eigenvalue weighted by molar-refractivity contribution is 7.98. The molecule has 1 atom stereocenters. The number of benzene rings is 3. The lowest BCUT2D eigenvalue weighted by Crippen LogP contribution is -2.53. The summed E-state index contributed by atoms with van der Waals surface area (Å²) in [5.41, 5.74) is 1.90. The number of hydrogen-bond acceptors (Lipinski definition) is 5. The highest BCUT2D eigenvalue weighted by Crippen LogP contribution is 2.28. The van der Waals surface area contributed by atoms with Gasteiger partial charge in [0, 0.05) is 27.5 Å². The van der Waals surface area contributed by atoms with Crippen LogP contribution in [-0.4, -0.2) is 50.0 Å². The van der Waals surface area contributed by atoms with E-state index in [4.69, 9.17) is 23.2 Å². The van der Waals surface area contributed by atoms with Crippen molar-refractivity contribution in [2.75, 3.05) is 17.1 Å². The van der Waals surface area contributed by atoms with E-state index < -0.39 is 28.5 Å².